The van der Waals surface area contributed by atoms with E-state index in [1.165, 1.54) is 0 Å². The molecule has 1 aliphatic rings. The van der Waals surface area contributed by atoms with Gasteiger partial charge in [-0.05, 0) is 37.5 Å². The molecule has 0 aromatic heterocycles. The SMILES string of the molecule is Cc1ccc(Br)cc1S(=O)(=O)N[C@@H]1CCC[C@]1(C)CO. The molecule has 2 atom stereocenters. The van der Waals surface area contributed by atoms with E-state index in [9.17, 15) is 13.5 Å². The van der Waals surface area contributed by atoms with Crippen LogP contribution in [0.25, 0.3) is 0 Å². The van der Waals surface area contributed by atoms with Crippen molar-refractivity contribution < 1.29 is 13.5 Å². The Balaban J connectivity index is 2.30. The fourth-order valence-corrected chi connectivity index (χ4v) is 4.93. The number of aliphatic hydroxyl groups is 1. The zero-order valence-electron chi connectivity index (χ0n) is 11.7. The van der Waals surface area contributed by atoms with Gasteiger partial charge in [-0.2, -0.15) is 0 Å². The largest absolute Gasteiger partial charge is 0.396 e. The Morgan fingerprint density at radius 1 is 1.50 bits per heavy atom. The lowest BCUT2D eigenvalue weighted by atomic mass is 9.86. The summed E-state index contributed by atoms with van der Waals surface area (Å²) < 4.78 is 28.6. The molecule has 0 radical (unpaired) electrons. The summed E-state index contributed by atoms with van der Waals surface area (Å²) in [6, 6.07) is 5.00. The zero-order valence-corrected chi connectivity index (χ0v) is 14.1. The molecule has 1 aliphatic carbocycles. The van der Waals surface area contributed by atoms with Crippen LogP contribution in [0.15, 0.2) is 27.6 Å². The summed E-state index contributed by atoms with van der Waals surface area (Å²) in [5.74, 6) is 0. The van der Waals surface area contributed by atoms with E-state index in [1.54, 1.807) is 19.1 Å². The molecule has 1 aromatic carbocycles. The van der Waals surface area contributed by atoms with Crippen LogP contribution < -0.4 is 4.72 Å². The lowest BCUT2D eigenvalue weighted by Crippen LogP contribution is -2.44. The lowest BCUT2D eigenvalue weighted by molar-refractivity contribution is 0.127. The first-order valence-electron chi connectivity index (χ1n) is 6.68. The van der Waals surface area contributed by atoms with Crippen molar-refractivity contribution in [2.45, 2.75) is 44.0 Å². The Bertz CT molecular complexity index is 602. The lowest BCUT2D eigenvalue weighted by Gasteiger charge is -2.30. The molecule has 1 aromatic rings. The summed E-state index contributed by atoms with van der Waals surface area (Å²) in [5, 5.41) is 9.52. The van der Waals surface area contributed by atoms with E-state index in [2.05, 4.69) is 20.7 Å². The van der Waals surface area contributed by atoms with Gasteiger partial charge in [0.05, 0.1) is 4.90 Å². The number of aryl methyl sites for hydroxylation is 1. The molecule has 2 rings (SSSR count). The van der Waals surface area contributed by atoms with E-state index in [1.807, 2.05) is 13.0 Å². The molecule has 0 saturated heterocycles. The van der Waals surface area contributed by atoms with Crippen LogP contribution in [0.3, 0.4) is 0 Å². The quantitative estimate of drug-likeness (QED) is 0.865. The van der Waals surface area contributed by atoms with Crippen LogP contribution in [-0.2, 0) is 10.0 Å². The van der Waals surface area contributed by atoms with Crippen LogP contribution in [0.2, 0.25) is 0 Å². The molecule has 1 fully saturated rings. The molecule has 0 unspecified atom stereocenters. The molecular formula is C14H20BrNO3S. The molecule has 0 aliphatic heterocycles. The second kappa shape index (κ2) is 5.75. The van der Waals surface area contributed by atoms with E-state index >= 15 is 0 Å². The Morgan fingerprint density at radius 2 is 2.20 bits per heavy atom. The fraction of sp³-hybridized carbons (Fsp3) is 0.571. The summed E-state index contributed by atoms with van der Waals surface area (Å²) in [5.41, 5.74) is 0.344. The molecule has 0 heterocycles. The van der Waals surface area contributed by atoms with Crippen LogP contribution in [-0.4, -0.2) is 26.2 Å². The highest BCUT2D eigenvalue weighted by Crippen LogP contribution is 2.38. The average Bonchev–Trinajstić information content (AvgIpc) is 2.74. The Hall–Kier alpha value is -0.430. The molecule has 1 saturated carbocycles. The van der Waals surface area contributed by atoms with Crippen molar-refractivity contribution in [3.05, 3.63) is 28.2 Å². The second-order valence-electron chi connectivity index (χ2n) is 5.79. The highest BCUT2D eigenvalue weighted by atomic mass is 79.9. The normalized spacial score (nSPS) is 26.9. The minimum Gasteiger partial charge on any atom is -0.396 e. The molecule has 20 heavy (non-hydrogen) atoms. The van der Waals surface area contributed by atoms with Crippen LogP contribution in [0, 0.1) is 12.3 Å². The predicted octanol–water partition coefficient (Wildman–Crippen LogP) is 2.59. The van der Waals surface area contributed by atoms with Gasteiger partial charge < -0.3 is 5.11 Å². The minimum atomic E-state index is -3.57. The summed E-state index contributed by atoms with van der Waals surface area (Å²) in [6.07, 6.45) is 2.54. The second-order valence-corrected chi connectivity index (χ2v) is 8.39. The molecule has 0 bridgehead atoms. The number of halogens is 1. The highest BCUT2D eigenvalue weighted by Gasteiger charge is 2.40. The van der Waals surface area contributed by atoms with Gasteiger partial charge >= 0.3 is 0 Å². The van der Waals surface area contributed by atoms with Crippen molar-refractivity contribution in [1.29, 1.82) is 0 Å². The first-order valence-corrected chi connectivity index (χ1v) is 8.95. The van der Waals surface area contributed by atoms with Crippen LogP contribution in [0.1, 0.15) is 31.7 Å². The van der Waals surface area contributed by atoms with Gasteiger partial charge in [0.1, 0.15) is 0 Å². The number of hydrogen-bond acceptors (Lipinski definition) is 3. The fourth-order valence-electron chi connectivity index (χ4n) is 2.74. The maximum Gasteiger partial charge on any atom is 0.241 e. The molecular weight excluding hydrogens is 342 g/mol. The van der Waals surface area contributed by atoms with Crippen molar-refractivity contribution in [1.82, 2.24) is 4.72 Å². The number of rotatable bonds is 4. The maximum atomic E-state index is 12.6. The summed E-state index contributed by atoms with van der Waals surface area (Å²) in [4.78, 5) is 0.291. The standard InChI is InChI=1S/C14H20BrNO3S/c1-10-5-6-11(15)8-12(10)20(18,19)16-13-4-3-7-14(13,2)9-17/h5-6,8,13,16-17H,3-4,7,9H2,1-2H3/t13-,14-/m1/s1. The Kier molecular flexibility index (Phi) is 4.59. The predicted molar refractivity (Wildman–Crippen MR) is 82.0 cm³/mol. The van der Waals surface area contributed by atoms with Gasteiger partial charge in [0.2, 0.25) is 10.0 Å². The third-order valence-corrected chi connectivity index (χ3v) is 6.29. The highest BCUT2D eigenvalue weighted by molar-refractivity contribution is 9.10. The summed E-state index contributed by atoms with van der Waals surface area (Å²) >= 11 is 3.31. The topological polar surface area (TPSA) is 66.4 Å². The van der Waals surface area contributed by atoms with Crippen molar-refractivity contribution in [2.75, 3.05) is 6.61 Å². The first kappa shape index (κ1) is 15.9. The first-order chi connectivity index (χ1) is 9.28. The van der Waals surface area contributed by atoms with Gasteiger partial charge in [0.15, 0.2) is 0 Å². The van der Waals surface area contributed by atoms with Gasteiger partial charge in [-0.1, -0.05) is 35.3 Å². The monoisotopic (exact) mass is 361 g/mol. The van der Waals surface area contributed by atoms with Crippen LogP contribution >= 0.6 is 15.9 Å². The molecule has 4 nitrogen and oxygen atoms in total. The van der Waals surface area contributed by atoms with E-state index in [0.717, 1.165) is 23.7 Å². The number of aliphatic hydroxyl groups excluding tert-OH is 1. The van der Waals surface area contributed by atoms with Gasteiger partial charge in [-0.25, -0.2) is 13.1 Å². The number of nitrogens with one attached hydrogen (secondary N) is 1. The third-order valence-electron chi connectivity index (χ3n) is 4.18. The Labute approximate surface area is 128 Å². The van der Waals surface area contributed by atoms with Crippen molar-refractivity contribution >= 4 is 26.0 Å². The van der Waals surface area contributed by atoms with E-state index < -0.39 is 10.0 Å². The van der Waals surface area contributed by atoms with Crippen molar-refractivity contribution in [3.8, 4) is 0 Å². The third kappa shape index (κ3) is 3.08. The molecule has 2 N–H and O–H groups in total. The zero-order chi connectivity index (χ0) is 15.0. The average molecular weight is 362 g/mol. The van der Waals surface area contributed by atoms with Gasteiger partial charge in [0.25, 0.3) is 0 Å². The van der Waals surface area contributed by atoms with Crippen LogP contribution in [0.5, 0.6) is 0 Å². The van der Waals surface area contributed by atoms with Gasteiger partial charge in [-0.3, -0.25) is 0 Å². The van der Waals surface area contributed by atoms with E-state index in [0.29, 0.717) is 10.5 Å². The Morgan fingerprint density at radius 3 is 2.85 bits per heavy atom. The number of sulfonamides is 1. The molecule has 6 heteroatoms. The smallest absolute Gasteiger partial charge is 0.241 e. The van der Waals surface area contributed by atoms with E-state index in [4.69, 9.17) is 0 Å². The van der Waals surface area contributed by atoms with Crippen molar-refractivity contribution in [2.24, 2.45) is 5.41 Å². The minimum absolute atomic E-state index is 0.00233. The molecule has 0 spiro atoms. The van der Waals surface area contributed by atoms with Crippen molar-refractivity contribution in [3.63, 3.8) is 0 Å². The van der Waals surface area contributed by atoms with E-state index in [-0.39, 0.29) is 18.1 Å². The number of benzene rings is 1. The van der Waals surface area contributed by atoms with Gasteiger partial charge in [0, 0.05) is 22.5 Å². The summed E-state index contributed by atoms with van der Waals surface area (Å²) in [6.45, 7) is 3.71. The molecule has 0 amide bonds. The summed E-state index contributed by atoms with van der Waals surface area (Å²) in [7, 11) is -3.57. The molecule has 112 valence electrons. The van der Waals surface area contributed by atoms with Gasteiger partial charge in [-0.15, -0.1) is 0 Å². The maximum absolute atomic E-state index is 12.6. The number of hydrogen-bond donors (Lipinski definition) is 2. The van der Waals surface area contributed by atoms with Crippen LogP contribution in [0.4, 0.5) is 0 Å².